The number of hydrogen-bond donors (Lipinski definition) is 2. The molecule has 0 amide bonds. The van der Waals surface area contributed by atoms with Crippen LogP contribution >= 0.6 is 0 Å². The number of rotatable bonds is 2. The summed E-state index contributed by atoms with van der Waals surface area (Å²) in [4.78, 5) is 11.4. The highest BCUT2D eigenvalue weighted by molar-refractivity contribution is 5.70. The van der Waals surface area contributed by atoms with Crippen LogP contribution in [-0.4, -0.2) is 40.0 Å². The zero-order chi connectivity index (χ0) is 23.3. The smallest absolute Gasteiger partial charge is 0.223 e. The van der Waals surface area contributed by atoms with Crippen molar-refractivity contribution in [1.82, 2.24) is 20.2 Å². The number of fused-ring (bicyclic) bond motifs is 4. The fraction of sp³-hybridized carbons (Fsp3) is 0.286. The van der Waals surface area contributed by atoms with Crippen LogP contribution in [0, 0.1) is 11.8 Å². The summed E-state index contributed by atoms with van der Waals surface area (Å²) in [6, 6.07) is 12.4. The molecule has 2 aromatic heterocycles. The summed E-state index contributed by atoms with van der Waals surface area (Å²) in [5, 5.41) is 3.33. The Labute approximate surface area is 199 Å². The highest BCUT2D eigenvalue weighted by atomic mass is 16.5. The predicted molar refractivity (Wildman–Crippen MR) is 132 cm³/mol. The molecular weight excluding hydrogens is 422 g/mol. The minimum atomic E-state index is -0.483. The average molecular weight is 450 g/mol. The standard InChI is InChI=1S/C28H27N5O/c1-27(2,33-11-4-12-33)9-8-19-13-23-26(31-16-19)34-24-7-6-20(21-5-3-10-30-17-21)14-22(24)28(23)15-25(29)32-18-28/h3,5-7,10,13-17,32H,4,11-12,18,29H2,1-2H3/t28-/m0/s1. The molecule has 1 fully saturated rings. The summed E-state index contributed by atoms with van der Waals surface area (Å²) < 4.78 is 6.27. The second-order valence-corrected chi connectivity index (χ2v) is 9.71. The van der Waals surface area contributed by atoms with Gasteiger partial charge in [-0.05, 0) is 56.2 Å². The molecule has 6 nitrogen and oxygen atoms in total. The van der Waals surface area contributed by atoms with Crippen LogP contribution in [0.25, 0.3) is 11.1 Å². The third-order valence-corrected chi connectivity index (χ3v) is 7.13. The maximum absolute atomic E-state index is 6.27. The van der Waals surface area contributed by atoms with E-state index in [9.17, 15) is 0 Å². The fourth-order valence-corrected chi connectivity index (χ4v) is 4.99. The Kier molecular flexibility index (Phi) is 4.65. The number of benzene rings is 1. The molecule has 170 valence electrons. The van der Waals surface area contributed by atoms with Crippen molar-refractivity contribution in [3.05, 3.63) is 83.6 Å². The van der Waals surface area contributed by atoms with Gasteiger partial charge in [-0.1, -0.05) is 24.0 Å². The minimum Gasteiger partial charge on any atom is -0.438 e. The van der Waals surface area contributed by atoms with Gasteiger partial charge in [0.25, 0.3) is 0 Å². The van der Waals surface area contributed by atoms with Crippen molar-refractivity contribution in [2.45, 2.75) is 31.2 Å². The molecule has 0 saturated carbocycles. The van der Waals surface area contributed by atoms with Crippen molar-refractivity contribution >= 4 is 0 Å². The van der Waals surface area contributed by atoms with E-state index in [2.05, 4.69) is 76.2 Å². The summed E-state index contributed by atoms with van der Waals surface area (Å²) in [6.07, 6.45) is 8.79. The zero-order valence-electron chi connectivity index (χ0n) is 19.4. The maximum Gasteiger partial charge on any atom is 0.223 e. The van der Waals surface area contributed by atoms with Crippen LogP contribution in [0.1, 0.15) is 37.0 Å². The number of nitrogens with two attached hydrogens (primary N) is 1. The van der Waals surface area contributed by atoms with Crippen molar-refractivity contribution in [3.63, 3.8) is 0 Å². The van der Waals surface area contributed by atoms with E-state index < -0.39 is 5.41 Å². The van der Waals surface area contributed by atoms with Gasteiger partial charge in [0, 0.05) is 60.5 Å². The highest BCUT2D eigenvalue weighted by Crippen LogP contribution is 2.50. The van der Waals surface area contributed by atoms with E-state index in [1.165, 1.54) is 6.42 Å². The van der Waals surface area contributed by atoms with Crippen LogP contribution in [-0.2, 0) is 5.41 Å². The van der Waals surface area contributed by atoms with Crippen LogP contribution in [0.5, 0.6) is 11.6 Å². The number of pyridine rings is 2. The number of ether oxygens (including phenoxy) is 1. The van der Waals surface area contributed by atoms with Crippen molar-refractivity contribution in [2.75, 3.05) is 19.6 Å². The second kappa shape index (κ2) is 7.61. The van der Waals surface area contributed by atoms with Gasteiger partial charge in [0.1, 0.15) is 5.75 Å². The molecule has 0 unspecified atom stereocenters. The van der Waals surface area contributed by atoms with Crippen molar-refractivity contribution in [2.24, 2.45) is 5.73 Å². The molecule has 1 spiro atoms. The Hall–Kier alpha value is -3.82. The number of aromatic nitrogens is 2. The molecule has 1 aromatic carbocycles. The molecule has 34 heavy (non-hydrogen) atoms. The second-order valence-electron chi connectivity index (χ2n) is 9.71. The molecule has 3 aliphatic rings. The number of nitrogens with one attached hydrogen (secondary N) is 1. The lowest BCUT2D eigenvalue weighted by molar-refractivity contribution is 0.0955. The summed E-state index contributed by atoms with van der Waals surface area (Å²) >= 11 is 0. The van der Waals surface area contributed by atoms with Crippen molar-refractivity contribution in [1.29, 1.82) is 0 Å². The zero-order valence-corrected chi connectivity index (χ0v) is 19.4. The molecule has 0 bridgehead atoms. The maximum atomic E-state index is 6.27. The molecule has 3 aliphatic heterocycles. The van der Waals surface area contributed by atoms with Gasteiger partial charge in [-0.3, -0.25) is 9.88 Å². The lowest BCUT2D eigenvalue weighted by Gasteiger charge is -2.41. The van der Waals surface area contributed by atoms with Crippen molar-refractivity contribution in [3.8, 4) is 34.6 Å². The van der Waals surface area contributed by atoms with E-state index in [1.807, 2.05) is 18.3 Å². The molecule has 1 saturated heterocycles. The summed E-state index contributed by atoms with van der Waals surface area (Å²) in [6.45, 7) is 7.20. The molecule has 3 N–H and O–H groups in total. The molecular formula is C28H27N5O. The minimum absolute atomic E-state index is 0.160. The quantitative estimate of drug-likeness (QED) is 0.580. The normalized spacial score (nSPS) is 20.7. The molecule has 3 aromatic rings. The lowest BCUT2D eigenvalue weighted by Crippen LogP contribution is -2.50. The first-order chi connectivity index (χ1) is 16.4. The van der Waals surface area contributed by atoms with Crippen LogP contribution in [0.4, 0.5) is 0 Å². The summed E-state index contributed by atoms with van der Waals surface area (Å²) in [5.41, 5.74) is 10.7. The first-order valence-electron chi connectivity index (χ1n) is 11.7. The van der Waals surface area contributed by atoms with Crippen LogP contribution in [0.2, 0.25) is 0 Å². The van der Waals surface area contributed by atoms with Crippen LogP contribution < -0.4 is 15.8 Å². The first kappa shape index (κ1) is 20.8. The van der Waals surface area contributed by atoms with E-state index in [4.69, 9.17) is 10.5 Å². The number of nitrogens with zero attached hydrogens (tertiary/aromatic N) is 3. The van der Waals surface area contributed by atoms with E-state index >= 15 is 0 Å². The lowest BCUT2D eigenvalue weighted by atomic mass is 9.73. The Morgan fingerprint density at radius 1 is 1.12 bits per heavy atom. The third kappa shape index (κ3) is 3.32. The Balaban J connectivity index is 1.46. The molecule has 6 rings (SSSR count). The Bertz CT molecular complexity index is 1360. The molecule has 0 radical (unpaired) electrons. The number of likely N-dealkylation sites (tertiary alicyclic amines) is 1. The van der Waals surface area contributed by atoms with Crippen LogP contribution in [0.3, 0.4) is 0 Å². The van der Waals surface area contributed by atoms with Gasteiger partial charge < -0.3 is 15.8 Å². The molecule has 0 aliphatic carbocycles. The SMILES string of the molecule is CC(C)(C#Cc1cnc2c(c1)[C@]1(C=C(N)NC1)c1cc(-c3cccnc3)ccc1O2)N1CCC1. The third-order valence-electron chi connectivity index (χ3n) is 7.13. The Morgan fingerprint density at radius 3 is 2.71 bits per heavy atom. The van der Waals surface area contributed by atoms with Gasteiger partial charge in [0.15, 0.2) is 0 Å². The van der Waals surface area contributed by atoms with Crippen molar-refractivity contribution < 1.29 is 4.74 Å². The molecule has 1 atom stereocenters. The fourth-order valence-electron chi connectivity index (χ4n) is 4.99. The summed E-state index contributed by atoms with van der Waals surface area (Å²) in [5.74, 6) is 8.87. The van der Waals surface area contributed by atoms with Gasteiger partial charge in [-0.2, -0.15) is 0 Å². The largest absolute Gasteiger partial charge is 0.438 e. The van der Waals surface area contributed by atoms with Gasteiger partial charge in [0.05, 0.1) is 16.8 Å². The summed E-state index contributed by atoms with van der Waals surface area (Å²) in [7, 11) is 0. The van der Waals surface area contributed by atoms with Gasteiger partial charge in [0.2, 0.25) is 5.88 Å². The van der Waals surface area contributed by atoms with Crippen LogP contribution in [0.15, 0.2) is 66.9 Å². The number of hydrogen-bond acceptors (Lipinski definition) is 6. The van der Waals surface area contributed by atoms with E-state index in [1.54, 1.807) is 12.4 Å². The van der Waals surface area contributed by atoms with Gasteiger partial charge >= 0.3 is 0 Å². The monoisotopic (exact) mass is 449 g/mol. The molecule has 6 heteroatoms. The predicted octanol–water partition coefficient (Wildman–Crippen LogP) is 3.77. The van der Waals surface area contributed by atoms with Gasteiger partial charge in [-0.25, -0.2) is 4.98 Å². The molecule has 5 heterocycles. The van der Waals surface area contributed by atoms with E-state index in [0.717, 1.165) is 46.7 Å². The topological polar surface area (TPSA) is 76.3 Å². The van der Waals surface area contributed by atoms with E-state index in [-0.39, 0.29) is 5.54 Å². The first-order valence-corrected chi connectivity index (χ1v) is 11.7. The van der Waals surface area contributed by atoms with Gasteiger partial charge in [-0.15, -0.1) is 0 Å². The van der Waals surface area contributed by atoms with E-state index in [0.29, 0.717) is 18.2 Å². The highest BCUT2D eigenvalue weighted by Gasteiger charge is 2.44. The average Bonchev–Trinajstić information content (AvgIpc) is 3.19. The Morgan fingerprint density at radius 2 is 2.00 bits per heavy atom.